The van der Waals surface area contributed by atoms with Crippen LogP contribution in [0.25, 0.3) is 0 Å². The Balaban J connectivity index is 1.19. The van der Waals surface area contributed by atoms with E-state index in [0.29, 0.717) is 42.6 Å². The van der Waals surface area contributed by atoms with E-state index in [1.165, 1.54) is 32.1 Å². The molecule has 4 nitrogen and oxygen atoms in total. The zero-order valence-electron chi connectivity index (χ0n) is 18.9. The molecule has 4 unspecified atom stereocenters. The van der Waals surface area contributed by atoms with Gasteiger partial charge >= 0.3 is 5.97 Å². The minimum Gasteiger partial charge on any atom is -0.466 e. The van der Waals surface area contributed by atoms with E-state index >= 15 is 0 Å². The summed E-state index contributed by atoms with van der Waals surface area (Å²) in [6.07, 6.45) is 9.84. The van der Waals surface area contributed by atoms with E-state index in [4.69, 9.17) is 9.47 Å². The predicted octanol–water partition coefficient (Wildman–Crippen LogP) is 4.34. The molecule has 1 aliphatic heterocycles. The second-order valence-corrected chi connectivity index (χ2v) is 12.6. The summed E-state index contributed by atoms with van der Waals surface area (Å²) >= 11 is 0. The van der Waals surface area contributed by atoms with Crippen LogP contribution in [0.3, 0.4) is 0 Å². The lowest BCUT2D eigenvalue weighted by Gasteiger charge is -2.62. The van der Waals surface area contributed by atoms with Crippen molar-refractivity contribution in [3.63, 3.8) is 0 Å². The van der Waals surface area contributed by atoms with E-state index in [0.717, 1.165) is 37.0 Å². The highest BCUT2D eigenvalue weighted by atomic mass is 16.6. The summed E-state index contributed by atoms with van der Waals surface area (Å²) in [4.78, 5) is 12.1. The molecule has 0 radical (unpaired) electrons. The molecule has 7 aliphatic rings. The molecule has 1 heterocycles. The molecule has 4 heteroatoms. The Hall–Kier alpha value is -0.610. The minimum atomic E-state index is -0.423. The lowest BCUT2D eigenvalue weighted by atomic mass is 9.44. The average molecular weight is 415 g/mol. The van der Waals surface area contributed by atoms with Crippen molar-refractivity contribution in [1.29, 1.82) is 0 Å². The molecule has 7 fully saturated rings. The molecule has 12 atom stereocenters. The van der Waals surface area contributed by atoms with Crippen LogP contribution in [0.1, 0.15) is 78.6 Å². The van der Waals surface area contributed by atoms with Crippen LogP contribution in [-0.4, -0.2) is 34.5 Å². The minimum absolute atomic E-state index is 0.0137. The Morgan fingerprint density at radius 1 is 1.13 bits per heavy atom. The van der Waals surface area contributed by atoms with Crippen LogP contribution in [0.5, 0.6) is 0 Å². The number of epoxide rings is 1. The van der Waals surface area contributed by atoms with Gasteiger partial charge in [0.05, 0.1) is 12.2 Å². The number of ether oxygens (including phenoxy) is 2. The van der Waals surface area contributed by atoms with Crippen molar-refractivity contribution in [3.05, 3.63) is 0 Å². The van der Waals surface area contributed by atoms with E-state index in [1.54, 1.807) is 0 Å². The van der Waals surface area contributed by atoms with E-state index in [2.05, 4.69) is 13.8 Å². The average Bonchev–Trinajstić information content (AvgIpc) is 3.59. The first-order valence-corrected chi connectivity index (χ1v) is 12.9. The summed E-state index contributed by atoms with van der Waals surface area (Å²) in [5.41, 5.74) is -0.276. The lowest BCUT2D eigenvalue weighted by molar-refractivity contribution is -0.215. The number of fused-ring (bicyclic) bond motifs is 10. The molecule has 6 aliphatic carbocycles. The quantitative estimate of drug-likeness (QED) is 0.549. The lowest BCUT2D eigenvalue weighted by Crippen LogP contribution is -2.63. The number of rotatable bonds is 4. The van der Waals surface area contributed by atoms with Crippen LogP contribution >= 0.6 is 0 Å². The van der Waals surface area contributed by atoms with Crippen molar-refractivity contribution in [2.75, 3.05) is 6.61 Å². The van der Waals surface area contributed by atoms with Crippen LogP contribution < -0.4 is 0 Å². The van der Waals surface area contributed by atoms with E-state index < -0.39 is 5.60 Å². The van der Waals surface area contributed by atoms with Gasteiger partial charge in [0.2, 0.25) is 0 Å². The van der Waals surface area contributed by atoms with E-state index in [-0.39, 0.29) is 22.6 Å². The number of carbonyl (C=O) groups is 1. The van der Waals surface area contributed by atoms with Gasteiger partial charge in [-0.05, 0) is 111 Å². The Kier molecular flexibility index (Phi) is 3.45. The van der Waals surface area contributed by atoms with Gasteiger partial charge in [0.1, 0.15) is 11.2 Å². The molecule has 0 aromatic heterocycles. The fourth-order valence-electron chi connectivity index (χ4n) is 10.5. The van der Waals surface area contributed by atoms with E-state index in [1.807, 2.05) is 6.92 Å². The maximum atomic E-state index is 12.1. The van der Waals surface area contributed by atoms with Crippen LogP contribution in [0.15, 0.2) is 0 Å². The van der Waals surface area contributed by atoms with Gasteiger partial charge in [0, 0.05) is 6.42 Å². The Morgan fingerprint density at radius 2 is 1.93 bits per heavy atom. The van der Waals surface area contributed by atoms with Gasteiger partial charge < -0.3 is 14.6 Å². The second kappa shape index (κ2) is 5.47. The summed E-state index contributed by atoms with van der Waals surface area (Å²) in [6.45, 7) is 7.17. The summed E-state index contributed by atoms with van der Waals surface area (Å²) in [7, 11) is 0. The maximum Gasteiger partial charge on any atom is 0.305 e. The first-order valence-electron chi connectivity index (χ1n) is 12.9. The highest BCUT2D eigenvalue weighted by Crippen LogP contribution is 2.86. The summed E-state index contributed by atoms with van der Waals surface area (Å²) in [5, 5.41) is 12.0. The fraction of sp³-hybridized carbons (Fsp3) is 0.962. The highest BCUT2D eigenvalue weighted by Gasteiger charge is 2.90. The smallest absolute Gasteiger partial charge is 0.305 e. The van der Waals surface area contributed by atoms with Crippen molar-refractivity contribution in [2.24, 2.45) is 52.8 Å². The molecule has 1 saturated heterocycles. The van der Waals surface area contributed by atoms with Crippen molar-refractivity contribution < 1.29 is 19.4 Å². The molecule has 0 amide bonds. The largest absolute Gasteiger partial charge is 0.466 e. The van der Waals surface area contributed by atoms with Gasteiger partial charge in [-0.25, -0.2) is 0 Å². The Labute approximate surface area is 180 Å². The summed E-state index contributed by atoms with van der Waals surface area (Å²) in [5.74, 6) is 5.50. The monoisotopic (exact) mass is 414 g/mol. The SMILES string of the molecule is CCOC(=O)CC[C@@]12O[C@@]13CCC1C(C4C[C@H]4[C@]4(O)C[C@@H](C)CC[C@]14C)C3[C@@H]1C[C@@H]12. The molecular formula is C26H38O4. The molecule has 166 valence electrons. The van der Waals surface area contributed by atoms with Gasteiger partial charge in [-0.1, -0.05) is 13.8 Å². The number of aliphatic hydroxyl groups is 1. The maximum absolute atomic E-state index is 12.1. The van der Waals surface area contributed by atoms with Gasteiger partial charge in [-0.3, -0.25) is 4.79 Å². The molecule has 1 N–H and O–H groups in total. The van der Waals surface area contributed by atoms with Crippen LogP contribution in [0.4, 0.5) is 0 Å². The third kappa shape index (κ3) is 1.93. The standard InChI is InChI=1S/C26H38O4/c1-4-29-20(27)7-10-25-19-12-16(19)22-21-15-11-18(15)24(28)13-14(2)5-8-23(24,3)17(21)6-9-26(22,25)30-25/h14-19,21-22,28H,4-13H2,1-3H3/t14-,15?,16+,17?,18+,19-,21?,22?,23+,24+,25-,26+/m0/s1. The highest BCUT2D eigenvalue weighted by molar-refractivity contribution is 5.69. The molecular weight excluding hydrogens is 376 g/mol. The number of hydrogen-bond donors (Lipinski definition) is 1. The van der Waals surface area contributed by atoms with Gasteiger partial charge in [0.25, 0.3) is 0 Å². The fourth-order valence-corrected chi connectivity index (χ4v) is 10.5. The zero-order chi connectivity index (χ0) is 20.7. The number of hydrogen-bond acceptors (Lipinski definition) is 4. The molecule has 6 saturated carbocycles. The summed E-state index contributed by atoms with van der Waals surface area (Å²) < 4.78 is 12.0. The first-order chi connectivity index (χ1) is 14.3. The molecule has 0 aromatic rings. The third-order valence-corrected chi connectivity index (χ3v) is 11.8. The van der Waals surface area contributed by atoms with Crippen molar-refractivity contribution in [3.8, 4) is 0 Å². The molecule has 0 aromatic carbocycles. The molecule has 0 bridgehead atoms. The van der Waals surface area contributed by atoms with Crippen LogP contribution in [-0.2, 0) is 14.3 Å². The van der Waals surface area contributed by atoms with Gasteiger partial charge in [-0.15, -0.1) is 0 Å². The number of carbonyl (C=O) groups excluding carboxylic acids is 1. The number of esters is 1. The normalized spacial score (nSPS) is 63.3. The first kappa shape index (κ1) is 18.9. The van der Waals surface area contributed by atoms with Gasteiger partial charge in [0.15, 0.2) is 0 Å². The predicted molar refractivity (Wildman–Crippen MR) is 111 cm³/mol. The topological polar surface area (TPSA) is 59.1 Å². The van der Waals surface area contributed by atoms with Crippen LogP contribution in [0.2, 0.25) is 0 Å². The van der Waals surface area contributed by atoms with Crippen molar-refractivity contribution in [1.82, 2.24) is 0 Å². The molecule has 30 heavy (non-hydrogen) atoms. The molecule has 7 rings (SSSR count). The molecule has 1 spiro atoms. The van der Waals surface area contributed by atoms with Crippen LogP contribution in [0, 0.1) is 52.8 Å². The van der Waals surface area contributed by atoms with Crippen molar-refractivity contribution in [2.45, 2.75) is 95.4 Å². The zero-order valence-corrected chi connectivity index (χ0v) is 18.9. The third-order valence-electron chi connectivity index (χ3n) is 11.8. The Morgan fingerprint density at radius 3 is 2.73 bits per heavy atom. The summed E-state index contributed by atoms with van der Waals surface area (Å²) in [6, 6.07) is 0. The Bertz CT molecular complexity index is 811. The van der Waals surface area contributed by atoms with Gasteiger partial charge in [-0.2, -0.15) is 0 Å². The van der Waals surface area contributed by atoms with Crippen molar-refractivity contribution >= 4 is 5.97 Å². The second-order valence-electron chi connectivity index (χ2n) is 12.6. The van der Waals surface area contributed by atoms with E-state index in [9.17, 15) is 9.90 Å².